The van der Waals surface area contributed by atoms with Gasteiger partial charge in [0.05, 0.1) is 16.7 Å². The normalized spacial score (nSPS) is 11.3. The fourth-order valence-corrected chi connectivity index (χ4v) is 2.08. The van der Waals surface area contributed by atoms with Crippen molar-refractivity contribution in [1.82, 2.24) is 9.38 Å². The third-order valence-corrected chi connectivity index (χ3v) is 2.96. The maximum atomic E-state index is 6.19. The van der Waals surface area contributed by atoms with Gasteiger partial charge in [-0.2, -0.15) is 0 Å². The summed E-state index contributed by atoms with van der Waals surface area (Å²) < 4.78 is 1.80. The summed E-state index contributed by atoms with van der Waals surface area (Å²) >= 11 is 6.19. The topological polar surface area (TPSA) is 43.3 Å². The van der Waals surface area contributed by atoms with Crippen LogP contribution in [-0.2, 0) is 0 Å². The quantitative estimate of drug-likeness (QED) is 0.629. The second-order valence-corrected chi connectivity index (χ2v) is 3.77. The van der Waals surface area contributed by atoms with E-state index < -0.39 is 0 Å². The van der Waals surface area contributed by atoms with Crippen molar-refractivity contribution < 1.29 is 0 Å². The lowest BCUT2D eigenvalue weighted by Crippen LogP contribution is -1.97. The first-order valence-electron chi connectivity index (χ1n) is 4.57. The number of nitrogens with zero attached hydrogens (tertiary/aromatic N) is 2. The molecule has 0 unspecified atom stereocenters. The van der Waals surface area contributed by atoms with E-state index in [1.807, 2.05) is 24.3 Å². The highest BCUT2D eigenvalue weighted by molar-refractivity contribution is 6.38. The van der Waals surface area contributed by atoms with Gasteiger partial charge in [0.25, 0.3) is 0 Å². The summed E-state index contributed by atoms with van der Waals surface area (Å²) in [4.78, 5) is 4.08. The highest BCUT2D eigenvalue weighted by Crippen LogP contribution is 2.31. The largest absolute Gasteiger partial charge is 0.384 e. The van der Waals surface area contributed by atoms with Gasteiger partial charge >= 0.3 is 0 Å². The number of imidazole rings is 1. The van der Waals surface area contributed by atoms with Gasteiger partial charge in [-0.25, -0.2) is 4.98 Å². The Kier molecular flexibility index (Phi) is 1.64. The third-order valence-electron chi connectivity index (χ3n) is 2.56. The molecule has 0 amide bonds. The molecule has 0 fully saturated rings. The van der Waals surface area contributed by atoms with E-state index in [1.165, 1.54) is 0 Å². The lowest BCUT2D eigenvalue weighted by molar-refractivity contribution is 1.17. The van der Waals surface area contributed by atoms with Crippen molar-refractivity contribution in [2.45, 2.75) is 0 Å². The Labute approximate surface area is 91.1 Å². The Bertz CT molecular complexity index is 657. The van der Waals surface area contributed by atoms with Gasteiger partial charge < -0.3 is 5.73 Å². The van der Waals surface area contributed by atoms with Gasteiger partial charge in [-0.1, -0.05) is 35.9 Å². The molecule has 2 aromatic heterocycles. The molecule has 3 nitrogen and oxygen atoms in total. The number of pyridine rings is 1. The molecular weight excluding hydrogens is 210 g/mol. The van der Waals surface area contributed by atoms with Crippen molar-refractivity contribution in [3.8, 4) is 0 Å². The first-order chi connectivity index (χ1) is 7.29. The molecule has 0 saturated heterocycles. The molecule has 0 saturated carbocycles. The Balaban J connectivity index is 2.70. The summed E-state index contributed by atoms with van der Waals surface area (Å²) in [6.45, 7) is 0. The average molecular weight is 218 g/mol. The highest BCUT2D eigenvalue weighted by atomic mass is 35.5. The van der Waals surface area contributed by atoms with Crippen LogP contribution in [0.3, 0.4) is 0 Å². The summed E-state index contributed by atoms with van der Waals surface area (Å²) in [6.07, 6.45) is 3.46. The third kappa shape index (κ3) is 1.04. The second-order valence-electron chi connectivity index (χ2n) is 3.39. The van der Waals surface area contributed by atoms with Gasteiger partial charge in [0, 0.05) is 10.8 Å². The zero-order valence-corrected chi connectivity index (χ0v) is 8.57. The van der Waals surface area contributed by atoms with Gasteiger partial charge in [0.1, 0.15) is 12.1 Å². The molecule has 3 aromatic rings. The summed E-state index contributed by atoms with van der Waals surface area (Å²) in [6, 6.07) is 7.89. The molecular formula is C11H8ClN3. The van der Waals surface area contributed by atoms with E-state index in [0.29, 0.717) is 10.8 Å². The fraction of sp³-hybridized carbons (Fsp3) is 0. The van der Waals surface area contributed by atoms with E-state index in [9.17, 15) is 0 Å². The van der Waals surface area contributed by atoms with Crippen LogP contribution < -0.4 is 5.73 Å². The second kappa shape index (κ2) is 2.87. The molecule has 15 heavy (non-hydrogen) atoms. The number of anilines is 1. The highest BCUT2D eigenvalue weighted by Gasteiger charge is 2.09. The number of halogens is 1. The molecule has 0 spiro atoms. The van der Waals surface area contributed by atoms with Crippen LogP contribution in [0.15, 0.2) is 36.8 Å². The minimum absolute atomic E-state index is 0.530. The van der Waals surface area contributed by atoms with Crippen molar-refractivity contribution in [2.75, 3.05) is 5.73 Å². The number of hydrogen-bond acceptors (Lipinski definition) is 2. The first-order valence-corrected chi connectivity index (χ1v) is 4.94. The number of hydrogen-bond donors (Lipinski definition) is 1. The van der Waals surface area contributed by atoms with Crippen molar-refractivity contribution >= 4 is 33.7 Å². The van der Waals surface area contributed by atoms with Gasteiger partial charge in [0.2, 0.25) is 0 Å². The first kappa shape index (κ1) is 8.56. The van der Waals surface area contributed by atoms with Crippen LogP contribution in [0.4, 0.5) is 5.82 Å². The maximum absolute atomic E-state index is 6.19. The zero-order valence-electron chi connectivity index (χ0n) is 7.81. The van der Waals surface area contributed by atoms with Crippen molar-refractivity contribution in [3.05, 3.63) is 41.8 Å². The molecule has 0 aliphatic heterocycles. The predicted molar refractivity (Wildman–Crippen MR) is 62.1 cm³/mol. The molecule has 2 N–H and O–H groups in total. The van der Waals surface area contributed by atoms with Crippen molar-refractivity contribution in [1.29, 1.82) is 0 Å². The van der Waals surface area contributed by atoms with Crippen LogP contribution in [0.2, 0.25) is 5.02 Å². The smallest absolute Gasteiger partial charge is 0.128 e. The van der Waals surface area contributed by atoms with Crippen molar-refractivity contribution in [3.63, 3.8) is 0 Å². The van der Waals surface area contributed by atoms with Gasteiger partial charge in [-0.3, -0.25) is 4.40 Å². The van der Waals surface area contributed by atoms with Gasteiger partial charge in [-0.05, 0) is 0 Å². The number of nitrogens with two attached hydrogens (primary N) is 1. The molecule has 2 heterocycles. The predicted octanol–water partition coefficient (Wildman–Crippen LogP) is 2.72. The monoisotopic (exact) mass is 217 g/mol. The molecule has 1 aromatic carbocycles. The molecule has 0 atom stereocenters. The van der Waals surface area contributed by atoms with Gasteiger partial charge in [0.15, 0.2) is 0 Å². The number of rotatable bonds is 0. The zero-order chi connectivity index (χ0) is 10.4. The summed E-state index contributed by atoms with van der Waals surface area (Å²) in [5.74, 6) is 0.530. The molecule has 0 aliphatic rings. The Morgan fingerprint density at radius 1 is 1.20 bits per heavy atom. The SMILES string of the molecule is Nc1c(Cl)c2ccccc2c2cncn12. The lowest BCUT2D eigenvalue weighted by Gasteiger charge is -2.07. The number of benzene rings is 1. The van der Waals surface area contributed by atoms with E-state index in [0.717, 1.165) is 16.3 Å². The average Bonchev–Trinajstić information content (AvgIpc) is 2.75. The van der Waals surface area contributed by atoms with Crippen LogP contribution >= 0.6 is 11.6 Å². The van der Waals surface area contributed by atoms with E-state index in [-0.39, 0.29) is 0 Å². The van der Waals surface area contributed by atoms with Crippen LogP contribution in [-0.4, -0.2) is 9.38 Å². The van der Waals surface area contributed by atoms with E-state index in [2.05, 4.69) is 4.98 Å². The lowest BCUT2D eigenvalue weighted by atomic mass is 10.1. The number of fused-ring (bicyclic) bond motifs is 3. The van der Waals surface area contributed by atoms with Crippen LogP contribution in [0.1, 0.15) is 0 Å². The molecule has 0 aliphatic carbocycles. The molecule has 3 rings (SSSR count). The van der Waals surface area contributed by atoms with Crippen LogP contribution in [0, 0.1) is 0 Å². The molecule has 0 bridgehead atoms. The molecule has 74 valence electrons. The maximum Gasteiger partial charge on any atom is 0.128 e. The molecule has 0 radical (unpaired) electrons. The van der Waals surface area contributed by atoms with E-state index >= 15 is 0 Å². The Morgan fingerprint density at radius 3 is 2.73 bits per heavy atom. The number of aromatic nitrogens is 2. The molecule has 4 heteroatoms. The van der Waals surface area contributed by atoms with Crippen LogP contribution in [0.25, 0.3) is 16.3 Å². The Morgan fingerprint density at radius 2 is 1.93 bits per heavy atom. The Hall–Kier alpha value is -1.74. The van der Waals surface area contributed by atoms with E-state index in [4.69, 9.17) is 17.3 Å². The number of nitrogen functional groups attached to an aromatic ring is 1. The van der Waals surface area contributed by atoms with E-state index in [1.54, 1.807) is 16.9 Å². The summed E-state index contributed by atoms with van der Waals surface area (Å²) in [5.41, 5.74) is 6.90. The minimum Gasteiger partial charge on any atom is -0.384 e. The minimum atomic E-state index is 0.530. The fourth-order valence-electron chi connectivity index (χ4n) is 1.83. The van der Waals surface area contributed by atoms with Gasteiger partial charge in [-0.15, -0.1) is 0 Å². The van der Waals surface area contributed by atoms with Crippen molar-refractivity contribution in [2.24, 2.45) is 0 Å². The summed E-state index contributed by atoms with van der Waals surface area (Å²) in [5, 5.41) is 2.61. The van der Waals surface area contributed by atoms with Crippen LogP contribution in [0.5, 0.6) is 0 Å². The standard InChI is InChI=1S/C11H8ClN3/c12-10-8-4-2-1-3-7(8)9-5-14-6-15(9)11(10)13/h1-6H,13H2. The summed E-state index contributed by atoms with van der Waals surface area (Å²) in [7, 11) is 0.